The van der Waals surface area contributed by atoms with E-state index in [9.17, 15) is 9.18 Å². The number of aromatic nitrogens is 1. The van der Waals surface area contributed by atoms with Crippen molar-refractivity contribution in [2.75, 3.05) is 23.7 Å². The third-order valence-corrected chi connectivity index (χ3v) is 4.92. The molecule has 0 unspecified atom stereocenters. The molecule has 1 heterocycles. The number of carbonyl (C=O) groups is 1. The Morgan fingerprint density at radius 2 is 1.88 bits per heavy atom. The number of nitrogens with zero attached hydrogens (tertiary/aromatic N) is 1. The van der Waals surface area contributed by atoms with E-state index in [1.165, 1.54) is 12.1 Å². The highest BCUT2D eigenvalue weighted by Gasteiger charge is 2.06. The summed E-state index contributed by atoms with van der Waals surface area (Å²) in [5.74, 6) is 6.51. The maximum Gasteiger partial charge on any atom is 0.319 e. The second-order valence-electron chi connectivity index (χ2n) is 8.12. The second kappa shape index (κ2) is 12.3. The molecule has 3 aromatic rings. The molecule has 5 nitrogen and oxygen atoms in total. The van der Waals surface area contributed by atoms with Gasteiger partial charge in [0, 0.05) is 36.7 Å². The highest BCUT2D eigenvalue weighted by atomic mass is 19.1. The van der Waals surface area contributed by atoms with Crippen LogP contribution < -0.4 is 16.0 Å². The van der Waals surface area contributed by atoms with Crippen LogP contribution in [0.4, 0.5) is 20.6 Å². The van der Waals surface area contributed by atoms with Crippen molar-refractivity contribution in [3.63, 3.8) is 0 Å². The van der Waals surface area contributed by atoms with Crippen LogP contribution in [0.25, 0.3) is 0 Å². The van der Waals surface area contributed by atoms with Crippen LogP contribution in [-0.4, -0.2) is 24.1 Å². The number of pyridine rings is 1. The van der Waals surface area contributed by atoms with E-state index in [0.29, 0.717) is 24.6 Å². The molecule has 0 spiro atoms. The van der Waals surface area contributed by atoms with E-state index in [2.05, 4.69) is 46.6 Å². The van der Waals surface area contributed by atoms with Crippen molar-refractivity contribution in [1.29, 1.82) is 0 Å². The summed E-state index contributed by atoms with van der Waals surface area (Å²) in [7, 11) is 0. The predicted octanol–water partition coefficient (Wildman–Crippen LogP) is 5.44. The zero-order valence-electron chi connectivity index (χ0n) is 19.0. The van der Waals surface area contributed by atoms with Gasteiger partial charge in [0.25, 0.3) is 0 Å². The van der Waals surface area contributed by atoms with Crippen molar-refractivity contribution in [1.82, 2.24) is 10.3 Å². The van der Waals surface area contributed by atoms with Gasteiger partial charge in [0.05, 0.1) is 11.3 Å². The van der Waals surface area contributed by atoms with Crippen LogP contribution in [0.1, 0.15) is 37.0 Å². The SMILES string of the molecule is CC(C)CCNc1ccc(NC(=O)NCCc2cccnc2)cc1C#Cc1ccc(F)cc1. The normalized spacial score (nSPS) is 10.3. The maximum absolute atomic E-state index is 13.2. The first-order chi connectivity index (χ1) is 16.0. The average molecular weight is 445 g/mol. The molecule has 0 bridgehead atoms. The fraction of sp³-hybridized carbons (Fsp3) is 0.259. The zero-order chi connectivity index (χ0) is 23.5. The number of halogens is 1. The molecule has 2 aromatic carbocycles. The number of benzene rings is 2. The van der Waals surface area contributed by atoms with Gasteiger partial charge < -0.3 is 16.0 Å². The summed E-state index contributed by atoms with van der Waals surface area (Å²) in [4.78, 5) is 16.4. The fourth-order valence-electron chi connectivity index (χ4n) is 3.09. The molecule has 0 fully saturated rings. The van der Waals surface area contributed by atoms with Crippen molar-refractivity contribution in [2.24, 2.45) is 5.92 Å². The molecule has 0 aliphatic rings. The van der Waals surface area contributed by atoms with Gasteiger partial charge in [0.1, 0.15) is 5.82 Å². The van der Waals surface area contributed by atoms with Crippen molar-refractivity contribution in [3.8, 4) is 11.8 Å². The van der Waals surface area contributed by atoms with Crippen LogP contribution in [0.3, 0.4) is 0 Å². The molecule has 3 N–H and O–H groups in total. The quantitative estimate of drug-likeness (QED) is 0.405. The van der Waals surface area contributed by atoms with Gasteiger partial charge in [-0.25, -0.2) is 9.18 Å². The molecular weight excluding hydrogens is 415 g/mol. The summed E-state index contributed by atoms with van der Waals surface area (Å²) in [5.41, 5.74) is 4.08. The molecule has 0 atom stereocenters. The first kappa shape index (κ1) is 23.8. The minimum atomic E-state index is -0.294. The minimum Gasteiger partial charge on any atom is -0.384 e. The Morgan fingerprint density at radius 1 is 1.06 bits per heavy atom. The predicted molar refractivity (Wildman–Crippen MR) is 132 cm³/mol. The van der Waals surface area contributed by atoms with E-state index in [4.69, 9.17) is 0 Å². The Morgan fingerprint density at radius 3 is 2.61 bits per heavy atom. The Balaban J connectivity index is 1.68. The lowest BCUT2D eigenvalue weighted by molar-refractivity contribution is 0.252. The van der Waals surface area contributed by atoms with E-state index in [-0.39, 0.29) is 11.8 Å². The second-order valence-corrected chi connectivity index (χ2v) is 8.12. The topological polar surface area (TPSA) is 66.0 Å². The van der Waals surface area contributed by atoms with Crippen LogP contribution in [0.2, 0.25) is 0 Å². The first-order valence-corrected chi connectivity index (χ1v) is 11.1. The van der Waals surface area contributed by atoms with Gasteiger partial charge in [-0.3, -0.25) is 4.98 Å². The molecule has 33 heavy (non-hydrogen) atoms. The van der Waals surface area contributed by atoms with Crippen LogP contribution in [0.15, 0.2) is 67.0 Å². The van der Waals surface area contributed by atoms with E-state index in [0.717, 1.165) is 35.3 Å². The third-order valence-electron chi connectivity index (χ3n) is 4.92. The summed E-state index contributed by atoms with van der Waals surface area (Å²) >= 11 is 0. The number of amides is 2. The highest BCUT2D eigenvalue weighted by Crippen LogP contribution is 2.21. The Labute approximate surface area is 194 Å². The summed E-state index contributed by atoms with van der Waals surface area (Å²) in [6.45, 7) is 5.68. The summed E-state index contributed by atoms with van der Waals surface area (Å²) in [5, 5.41) is 9.15. The number of carbonyl (C=O) groups excluding carboxylic acids is 1. The summed E-state index contributed by atoms with van der Waals surface area (Å²) in [6.07, 6.45) is 5.25. The summed E-state index contributed by atoms with van der Waals surface area (Å²) < 4.78 is 13.2. The molecule has 170 valence electrons. The van der Waals surface area contributed by atoms with Crippen molar-refractivity contribution < 1.29 is 9.18 Å². The molecular formula is C27H29FN4O. The lowest BCUT2D eigenvalue weighted by Crippen LogP contribution is -2.30. The van der Waals surface area contributed by atoms with E-state index in [1.807, 2.05) is 30.3 Å². The third kappa shape index (κ3) is 8.30. The van der Waals surface area contributed by atoms with Crippen molar-refractivity contribution in [2.45, 2.75) is 26.7 Å². The molecule has 0 aliphatic heterocycles. The van der Waals surface area contributed by atoms with Gasteiger partial charge in [0.2, 0.25) is 0 Å². The lowest BCUT2D eigenvalue weighted by Gasteiger charge is -2.13. The highest BCUT2D eigenvalue weighted by molar-refractivity contribution is 5.90. The zero-order valence-corrected chi connectivity index (χ0v) is 19.0. The molecule has 0 saturated carbocycles. The number of hydrogen-bond donors (Lipinski definition) is 3. The smallest absolute Gasteiger partial charge is 0.319 e. The number of anilines is 2. The first-order valence-electron chi connectivity index (χ1n) is 11.1. The van der Waals surface area contributed by atoms with Gasteiger partial charge in [-0.1, -0.05) is 31.8 Å². The molecule has 0 radical (unpaired) electrons. The van der Waals surface area contributed by atoms with Crippen LogP contribution in [0.5, 0.6) is 0 Å². The molecule has 6 heteroatoms. The van der Waals surface area contributed by atoms with E-state index < -0.39 is 0 Å². The van der Waals surface area contributed by atoms with E-state index >= 15 is 0 Å². The molecule has 2 amide bonds. The van der Waals surface area contributed by atoms with E-state index in [1.54, 1.807) is 24.5 Å². The monoisotopic (exact) mass is 444 g/mol. The van der Waals surface area contributed by atoms with Crippen molar-refractivity contribution >= 4 is 17.4 Å². The number of hydrogen-bond acceptors (Lipinski definition) is 3. The Hall–Kier alpha value is -3.85. The van der Waals surface area contributed by atoms with Gasteiger partial charge in [0.15, 0.2) is 0 Å². The Kier molecular flexibility index (Phi) is 8.84. The van der Waals surface area contributed by atoms with Crippen LogP contribution in [0, 0.1) is 23.6 Å². The van der Waals surface area contributed by atoms with Crippen molar-refractivity contribution in [3.05, 3.63) is 89.5 Å². The minimum absolute atomic E-state index is 0.281. The number of nitrogens with one attached hydrogen (secondary N) is 3. The number of urea groups is 1. The Bertz CT molecular complexity index is 1100. The molecule has 3 rings (SSSR count). The fourth-order valence-corrected chi connectivity index (χ4v) is 3.09. The van der Waals surface area contributed by atoms with Gasteiger partial charge in [-0.05, 0) is 72.9 Å². The largest absolute Gasteiger partial charge is 0.384 e. The molecule has 0 saturated heterocycles. The molecule has 1 aromatic heterocycles. The standard InChI is InChI=1S/C27H29FN4O/c1-20(2)13-16-30-26-12-11-25(18-23(26)8-5-21-6-9-24(28)10-7-21)32-27(33)31-17-14-22-4-3-15-29-19-22/h3-4,6-7,9-12,15,18-20,30H,13-14,16-17H2,1-2H3,(H2,31,32,33). The van der Waals surface area contributed by atoms with Crippen LogP contribution in [-0.2, 0) is 6.42 Å². The summed E-state index contributed by atoms with van der Waals surface area (Å²) in [6, 6.07) is 15.2. The average Bonchev–Trinajstić information content (AvgIpc) is 2.80. The maximum atomic E-state index is 13.2. The molecule has 0 aliphatic carbocycles. The van der Waals surface area contributed by atoms with Crippen LogP contribution >= 0.6 is 0 Å². The van der Waals surface area contributed by atoms with Gasteiger partial charge in [-0.15, -0.1) is 0 Å². The van der Waals surface area contributed by atoms with Gasteiger partial charge >= 0.3 is 6.03 Å². The number of rotatable bonds is 8. The van der Waals surface area contributed by atoms with Gasteiger partial charge in [-0.2, -0.15) is 0 Å². The lowest BCUT2D eigenvalue weighted by atomic mass is 10.1.